The zero-order chi connectivity index (χ0) is 15.2. The first-order valence-corrected chi connectivity index (χ1v) is 8.14. The number of rotatable bonds is 8. The van der Waals surface area contributed by atoms with Crippen LogP contribution in [0.15, 0.2) is 23.4 Å². The molecule has 0 aliphatic rings. The first kappa shape index (κ1) is 17.0. The maximum atomic E-state index is 12.0. The van der Waals surface area contributed by atoms with Crippen molar-refractivity contribution in [2.24, 2.45) is 0 Å². The summed E-state index contributed by atoms with van der Waals surface area (Å²) in [5.41, 5.74) is 0.950. The van der Waals surface area contributed by atoms with Crippen LogP contribution < -0.4 is 10.0 Å². The van der Waals surface area contributed by atoms with Crippen LogP contribution in [-0.4, -0.2) is 51.5 Å². The highest BCUT2D eigenvalue weighted by atomic mass is 32.2. The van der Waals surface area contributed by atoms with Crippen LogP contribution in [0.25, 0.3) is 0 Å². The second-order valence-corrected chi connectivity index (χ2v) is 6.72. The summed E-state index contributed by atoms with van der Waals surface area (Å²) >= 11 is 0. The normalized spacial score (nSPS) is 12.3. The van der Waals surface area contributed by atoms with Crippen molar-refractivity contribution in [1.82, 2.24) is 19.9 Å². The summed E-state index contributed by atoms with van der Waals surface area (Å²) in [6.07, 6.45) is 1.57. The minimum atomic E-state index is -3.52. The molecule has 2 N–H and O–H groups in total. The highest BCUT2D eigenvalue weighted by Crippen LogP contribution is 2.06. The number of hydrogen-bond donors (Lipinski definition) is 2. The largest absolute Gasteiger partial charge is 0.316 e. The average Bonchev–Trinajstić information content (AvgIpc) is 2.39. The molecule has 7 heteroatoms. The molecule has 0 spiro atoms. The van der Waals surface area contributed by atoms with E-state index in [-0.39, 0.29) is 5.03 Å². The van der Waals surface area contributed by atoms with Crippen molar-refractivity contribution >= 4 is 10.0 Å². The third kappa shape index (κ3) is 5.16. The van der Waals surface area contributed by atoms with Gasteiger partial charge < -0.3 is 10.2 Å². The third-order valence-corrected chi connectivity index (χ3v) is 4.47. The highest BCUT2D eigenvalue weighted by molar-refractivity contribution is 7.89. The molecule has 0 amide bonds. The van der Waals surface area contributed by atoms with Crippen molar-refractivity contribution in [2.75, 3.05) is 27.2 Å². The van der Waals surface area contributed by atoms with Crippen molar-refractivity contribution in [3.8, 4) is 0 Å². The molecule has 6 nitrogen and oxygen atoms in total. The van der Waals surface area contributed by atoms with Crippen LogP contribution in [0, 0.1) is 0 Å². The first-order chi connectivity index (χ1) is 9.36. The molecule has 20 heavy (non-hydrogen) atoms. The van der Waals surface area contributed by atoms with E-state index >= 15 is 0 Å². The molecule has 114 valence electrons. The Balaban J connectivity index is 2.60. The maximum Gasteiger partial charge on any atom is 0.258 e. The summed E-state index contributed by atoms with van der Waals surface area (Å²) in [5, 5.41) is 3.05. The van der Waals surface area contributed by atoms with Crippen LogP contribution in [0.2, 0.25) is 0 Å². The molecule has 0 aromatic carbocycles. The topological polar surface area (TPSA) is 74.3 Å². The monoisotopic (exact) mass is 300 g/mol. The summed E-state index contributed by atoms with van der Waals surface area (Å²) in [7, 11) is 0.271. The molecular weight excluding hydrogens is 276 g/mol. The van der Waals surface area contributed by atoms with Gasteiger partial charge in [0.15, 0.2) is 5.03 Å². The van der Waals surface area contributed by atoms with E-state index in [9.17, 15) is 8.42 Å². The van der Waals surface area contributed by atoms with E-state index in [1.807, 2.05) is 14.1 Å². The fourth-order valence-corrected chi connectivity index (χ4v) is 2.51. The molecule has 0 unspecified atom stereocenters. The third-order valence-electron chi connectivity index (χ3n) is 3.09. The van der Waals surface area contributed by atoms with Crippen LogP contribution in [0.4, 0.5) is 0 Å². The predicted octanol–water partition coefficient (Wildman–Crippen LogP) is 0.420. The molecule has 1 aromatic heterocycles. The van der Waals surface area contributed by atoms with Crippen molar-refractivity contribution in [3.05, 3.63) is 23.9 Å². The smallest absolute Gasteiger partial charge is 0.258 e. The zero-order valence-electron chi connectivity index (χ0n) is 12.5. The first-order valence-electron chi connectivity index (χ1n) is 6.66. The molecule has 1 rings (SSSR count). The molecule has 0 bridgehead atoms. The summed E-state index contributed by atoms with van der Waals surface area (Å²) in [6.45, 7) is 5.83. The van der Waals surface area contributed by atoms with Gasteiger partial charge in [0, 0.05) is 31.9 Å². The van der Waals surface area contributed by atoms with Gasteiger partial charge in [-0.05, 0) is 39.6 Å². The molecule has 0 radical (unpaired) electrons. The van der Waals surface area contributed by atoms with Gasteiger partial charge in [-0.25, -0.2) is 18.1 Å². The number of sulfonamides is 1. The van der Waals surface area contributed by atoms with E-state index in [4.69, 9.17) is 0 Å². The molecule has 0 saturated heterocycles. The van der Waals surface area contributed by atoms with Gasteiger partial charge in [-0.3, -0.25) is 0 Å². The number of hydrogen-bond acceptors (Lipinski definition) is 5. The van der Waals surface area contributed by atoms with Gasteiger partial charge in [0.25, 0.3) is 10.0 Å². The van der Waals surface area contributed by atoms with Crippen molar-refractivity contribution in [2.45, 2.75) is 31.5 Å². The second kappa shape index (κ2) is 7.68. The van der Waals surface area contributed by atoms with Crippen molar-refractivity contribution in [3.63, 3.8) is 0 Å². The second-order valence-electron chi connectivity index (χ2n) is 5.01. The highest BCUT2D eigenvalue weighted by Gasteiger charge is 2.15. The van der Waals surface area contributed by atoms with Gasteiger partial charge in [-0.15, -0.1) is 0 Å². The fourth-order valence-electron chi connectivity index (χ4n) is 1.57. The summed E-state index contributed by atoms with van der Waals surface area (Å²) in [5.74, 6) is 0. The SMILES string of the molecule is CNCc1ccc(S(=O)(=O)NCCN(C)C(C)C)nc1. The van der Waals surface area contributed by atoms with Crippen molar-refractivity contribution < 1.29 is 8.42 Å². The standard InChI is InChI=1S/C13H24N4O2S/c1-11(2)17(4)8-7-16-20(18,19)13-6-5-12(9-14-3)10-15-13/h5-6,10-11,14,16H,7-9H2,1-4H3. The Bertz CT molecular complexity index is 500. The lowest BCUT2D eigenvalue weighted by molar-refractivity contribution is 0.278. The van der Waals surface area contributed by atoms with Gasteiger partial charge in [-0.2, -0.15) is 0 Å². The molecule has 0 fully saturated rings. The van der Waals surface area contributed by atoms with Gasteiger partial charge in [0.2, 0.25) is 0 Å². The van der Waals surface area contributed by atoms with E-state index in [0.29, 0.717) is 25.7 Å². The van der Waals surface area contributed by atoms with Gasteiger partial charge in [-0.1, -0.05) is 6.07 Å². The van der Waals surface area contributed by atoms with E-state index in [1.54, 1.807) is 12.3 Å². The van der Waals surface area contributed by atoms with E-state index in [2.05, 4.69) is 33.8 Å². The van der Waals surface area contributed by atoms with Crippen LogP contribution in [-0.2, 0) is 16.6 Å². The summed E-state index contributed by atoms with van der Waals surface area (Å²) in [4.78, 5) is 6.07. The molecular formula is C13H24N4O2S. The Morgan fingerprint density at radius 3 is 2.55 bits per heavy atom. The maximum absolute atomic E-state index is 12.0. The lowest BCUT2D eigenvalue weighted by Gasteiger charge is -2.20. The van der Waals surface area contributed by atoms with Crippen LogP contribution in [0.5, 0.6) is 0 Å². The molecule has 1 heterocycles. The van der Waals surface area contributed by atoms with E-state index < -0.39 is 10.0 Å². The minimum absolute atomic E-state index is 0.0598. The lowest BCUT2D eigenvalue weighted by Crippen LogP contribution is -2.36. The Kier molecular flexibility index (Phi) is 6.54. The van der Waals surface area contributed by atoms with E-state index in [0.717, 1.165) is 5.56 Å². The van der Waals surface area contributed by atoms with Crippen LogP contribution >= 0.6 is 0 Å². The molecule has 1 aromatic rings. The lowest BCUT2D eigenvalue weighted by atomic mass is 10.3. The van der Waals surface area contributed by atoms with Gasteiger partial charge in [0.1, 0.15) is 0 Å². The Morgan fingerprint density at radius 1 is 1.35 bits per heavy atom. The van der Waals surface area contributed by atoms with Crippen LogP contribution in [0.3, 0.4) is 0 Å². The Hall–Kier alpha value is -1.02. The Labute approximate surface area is 121 Å². The number of likely N-dealkylation sites (N-methyl/N-ethyl adjacent to an activating group) is 1. The quantitative estimate of drug-likeness (QED) is 0.728. The minimum Gasteiger partial charge on any atom is -0.316 e. The fraction of sp³-hybridized carbons (Fsp3) is 0.615. The summed E-state index contributed by atoms with van der Waals surface area (Å²) < 4.78 is 26.7. The zero-order valence-corrected chi connectivity index (χ0v) is 13.4. The number of pyridine rings is 1. The van der Waals surface area contributed by atoms with Gasteiger partial charge >= 0.3 is 0 Å². The molecule has 0 aliphatic carbocycles. The van der Waals surface area contributed by atoms with Crippen molar-refractivity contribution in [1.29, 1.82) is 0 Å². The number of nitrogens with zero attached hydrogens (tertiary/aromatic N) is 2. The summed E-state index contributed by atoms with van der Waals surface area (Å²) in [6, 6.07) is 3.68. The number of aromatic nitrogens is 1. The van der Waals surface area contributed by atoms with Gasteiger partial charge in [0.05, 0.1) is 0 Å². The van der Waals surface area contributed by atoms with E-state index in [1.165, 1.54) is 6.07 Å². The molecule has 0 atom stereocenters. The van der Waals surface area contributed by atoms with Crippen LogP contribution in [0.1, 0.15) is 19.4 Å². The molecule has 0 saturated carbocycles. The predicted molar refractivity (Wildman–Crippen MR) is 80.0 cm³/mol. The Morgan fingerprint density at radius 2 is 2.05 bits per heavy atom. The number of nitrogens with one attached hydrogen (secondary N) is 2. The average molecular weight is 300 g/mol. The molecule has 0 aliphatic heterocycles.